The van der Waals surface area contributed by atoms with E-state index in [-0.39, 0.29) is 11.3 Å². The summed E-state index contributed by atoms with van der Waals surface area (Å²) < 4.78 is 6.84. The van der Waals surface area contributed by atoms with Gasteiger partial charge in [0.2, 0.25) is 0 Å². The molecule has 0 aliphatic heterocycles. The van der Waals surface area contributed by atoms with Crippen molar-refractivity contribution in [3.8, 4) is 0 Å². The Hall–Kier alpha value is -1.30. The summed E-state index contributed by atoms with van der Waals surface area (Å²) in [4.78, 5) is 4.51. The minimum absolute atomic E-state index is 0.00816. The van der Waals surface area contributed by atoms with Gasteiger partial charge in [-0.3, -0.25) is 0 Å². The second-order valence-corrected chi connectivity index (χ2v) is 6.91. The van der Waals surface area contributed by atoms with E-state index in [0.717, 1.165) is 15.6 Å². The van der Waals surface area contributed by atoms with Crippen molar-refractivity contribution in [2.45, 2.75) is 23.4 Å². The summed E-state index contributed by atoms with van der Waals surface area (Å²) in [6, 6.07) is 16.0. The van der Waals surface area contributed by atoms with Gasteiger partial charge in [-0.1, -0.05) is 52.0 Å². The van der Waals surface area contributed by atoms with Crippen LogP contribution in [0.5, 0.6) is 0 Å². The van der Waals surface area contributed by atoms with Gasteiger partial charge < -0.3 is 10.2 Å². The number of benzene rings is 2. The summed E-state index contributed by atoms with van der Waals surface area (Å²) >= 11 is 5.02. The van der Waals surface area contributed by atoms with Crippen molar-refractivity contribution in [1.29, 1.82) is 0 Å². The van der Waals surface area contributed by atoms with E-state index in [1.54, 1.807) is 11.8 Å². The fraction of sp³-hybridized carbons (Fsp3) is 0.188. The number of hydrogen-bond donors (Lipinski definition) is 1. The van der Waals surface area contributed by atoms with Crippen LogP contribution in [0.1, 0.15) is 17.7 Å². The molecule has 0 aliphatic rings. The lowest BCUT2D eigenvalue weighted by molar-refractivity contribution is 0.487. The van der Waals surface area contributed by atoms with E-state index in [9.17, 15) is 0 Å². The molecule has 0 amide bonds. The SMILES string of the molecule is CC(N)C(Sc1nc2ccccc2o1)c1ccc(Br)cc1. The zero-order chi connectivity index (χ0) is 14.8. The summed E-state index contributed by atoms with van der Waals surface area (Å²) in [5, 5.41) is 0.757. The molecule has 0 saturated carbocycles. The van der Waals surface area contributed by atoms with Gasteiger partial charge in [0.15, 0.2) is 5.58 Å². The van der Waals surface area contributed by atoms with Crippen molar-refractivity contribution < 1.29 is 4.42 Å². The van der Waals surface area contributed by atoms with Crippen LogP contribution >= 0.6 is 27.7 Å². The second-order valence-electron chi connectivity index (χ2n) is 4.90. The number of aromatic nitrogens is 1. The maximum absolute atomic E-state index is 6.15. The summed E-state index contributed by atoms with van der Waals surface area (Å²) in [6.45, 7) is 2.00. The fourth-order valence-electron chi connectivity index (χ4n) is 2.14. The molecule has 0 aliphatic carbocycles. The molecule has 0 radical (unpaired) electrons. The van der Waals surface area contributed by atoms with E-state index in [0.29, 0.717) is 5.22 Å². The number of nitrogens with two attached hydrogens (primary N) is 1. The number of halogens is 1. The van der Waals surface area contributed by atoms with Gasteiger partial charge in [0, 0.05) is 10.5 Å². The highest BCUT2D eigenvalue weighted by molar-refractivity contribution is 9.10. The molecule has 0 saturated heterocycles. The van der Waals surface area contributed by atoms with E-state index >= 15 is 0 Å². The maximum atomic E-state index is 6.15. The number of thioether (sulfide) groups is 1. The van der Waals surface area contributed by atoms with Crippen molar-refractivity contribution >= 4 is 38.8 Å². The summed E-state index contributed by atoms with van der Waals surface area (Å²) in [5.41, 5.74) is 8.99. The molecule has 21 heavy (non-hydrogen) atoms. The van der Waals surface area contributed by atoms with Crippen molar-refractivity contribution in [3.05, 3.63) is 58.6 Å². The highest BCUT2D eigenvalue weighted by atomic mass is 79.9. The summed E-state index contributed by atoms with van der Waals surface area (Å²) in [5.74, 6) is 0. The lowest BCUT2D eigenvalue weighted by atomic mass is 10.1. The number of oxazole rings is 1. The first-order valence-electron chi connectivity index (χ1n) is 6.67. The number of nitrogens with zero attached hydrogens (tertiary/aromatic N) is 1. The molecule has 2 aromatic carbocycles. The van der Waals surface area contributed by atoms with Crippen LogP contribution in [0.2, 0.25) is 0 Å². The van der Waals surface area contributed by atoms with Gasteiger partial charge in [-0.25, -0.2) is 4.98 Å². The monoisotopic (exact) mass is 362 g/mol. The topological polar surface area (TPSA) is 52.0 Å². The van der Waals surface area contributed by atoms with Crippen LogP contribution in [0, 0.1) is 0 Å². The van der Waals surface area contributed by atoms with Gasteiger partial charge in [-0.15, -0.1) is 0 Å². The molecule has 2 unspecified atom stereocenters. The zero-order valence-electron chi connectivity index (χ0n) is 11.5. The molecule has 108 valence electrons. The average Bonchev–Trinajstić information content (AvgIpc) is 2.88. The minimum atomic E-state index is -0.00816. The molecule has 2 N–H and O–H groups in total. The molecule has 3 rings (SSSR count). The molecule has 1 heterocycles. The Kier molecular flexibility index (Phi) is 4.33. The van der Waals surface area contributed by atoms with Gasteiger partial charge in [0.05, 0.1) is 5.25 Å². The van der Waals surface area contributed by atoms with Crippen LogP contribution in [0.4, 0.5) is 0 Å². The van der Waals surface area contributed by atoms with Crippen LogP contribution in [-0.4, -0.2) is 11.0 Å². The van der Waals surface area contributed by atoms with E-state index in [1.807, 2.05) is 43.3 Å². The van der Waals surface area contributed by atoms with Gasteiger partial charge in [0.1, 0.15) is 5.52 Å². The maximum Gasteiger partial charge on any atom is 0.257 e. The number of para-hydroxylation sites is 2. The molecule has 5 heteroatoms. The quantitative estimate of drug-likeness (QED) is 0.679. The molecular weight excluding hydrogens is 348 g/mol. The lowest BCUT2D eigenvalue weighted by Gasteiger charge is -2.19. The molecule has 0 spiro atoms. The third-order valence-electron chi connectivity index (χ3n) is 3.18. The van der Waals surface area contributed by atoms with E-state index in [1.165, 1.54) is 5.56 Å². The Bertz CT molecular complexity index is 706. The van der Waals surface area contributed by atoms with Gasteiger partial charge in [-0.05, 0) is 36.8 Å². The fourth-order valence-corrected chi connectivity index (χ4v) is 3.42. The van der Waals surface area contributed by atoms with E-state index < -0.39 is 0 Å². The lowest BCUT2D eigenvalue weighted by Crippen LogP contribution is -2.22. The van der Waals surface area contributed by atoms with Crippen LogP contribution in [0.15, 0.2) is 62.6 Å². The van der Waals surface area contributed by atoms with Crippen LogP contribution < -0.4 is 5.73 Å². The predicted octanol–water partition coefficient (Wildman–Crippen LogP) is 4.77. The molecule has 0 fully saturated rings. The highest BCUT2D eigenvalue weighted by Gasteiger charge is 2.20. The van der Waals surface area contributed by atoms with Crippen molar-refractivity contribution in [2.75, 3.05) is 0 Å². The number of hydrogen-bond acceptors (Lipinski definition) is 4. The van der Waals surface area contributed by atoms with Crippen LogP contribution in [0.25, 0.3) is 11.1 Å². The van der Waals surface area contributed by atoms with E-state index in [4.69, 9.17) is 10.2 Å². The first kappa shape index (κ1) is 14.6. The smallest absolute Gasteiger partial charge is 0.257 e. The molecule has 2 atom stereocenters. The number of fused-ring (bicyclic) bond motifs is 1. The summed E-state index contributed by atoms with van der Waals surface area (Å²) in [6.07, 6.45) is 0. The predicted molar refractivity (Wildman–Crippen MR) is 90.4 cm³/mol. The standard InChI is InChI=1S/C16H15BrN2OS/c1-10(18)15(11-6-8-12(17)9-7-11)21-16-19-13-4-2-3-5-14(13)20-16/h2-10,15H,18H2,1H3. The average molecular weight is 363 g/mol. The summed E-state index contributed by atoms with van der Waals surface area (Å²) in [7, 11) is 0. The molecule has 3 nitrogen and oxygen atoms in total. The Labute approximate surface area is 136 Å². The first-order chi connectivity index (χ1) is 10.1. The van der Waals surface area contributed by atoms with Gasteiger partial charge in [0.25, 0.3) is 5.22 Å². The highest BCUT2D eigenvalue weighted by Crippen LogP contribution is 2.38. The second kappa shape index (κ2) is 6.22. The Morgan fingerprint density at radius 3 is 2.52 bits per heavy atom. The van der Waals surface area contributed by atoms with Crippen LogP contribution in [0.3, 0.4) is 0 Å². The Morgan fingerprint density at radius 1 is 1.14 bits per heavy atom. The third-order valence-corrected chi connectivity index (χ3v) is 5.04. The zero-order valence-corrected chi connectivity index (χ0v) is 13.9. The third kappa shape index (κ3) is 3.31. The van der Waals surface area contributed by atoms with Crippen molar-refractivity contribution in [3.63, 3.8) is 0 Å². The van der Waals surface area contributed by atoms with Crippen molar-refractivity contribution in [1.82, 2.24) is 4.98 Å². The van der Waals surface area contributed by atoms with Crippen molar-refractivity contribution in [2.24, 2.45) is 5.73 Å². The number of rotatable bonds is 4. The van der Waals surface area contributed by atoms with Crippen LogP contribution in [-0.2, 0) is 0 Å². The van der Waals surface area contributed by atoms with E-state index in [2.05, 4.69) is 33.0 Å². The molecular formula is C16H15BrN2OS. The van der Waals surface area contributed by atoms with Gasteiger partial charge in [-0.2, -0.15) is 0 Å². The Morgan fingerprint density at radius 2 is 1.86 bits per heavy atom. The normalized spacial score (nSPS) is 14.2. The molecule has 0 bridgehead atoms. The minimum Gasteiger partial charge on any atom is -0.431 e. The van der Waals surface area contributed by atoms with Gasteiger partial charge >= 0.3 is 0 Å². The molecule has 1 aromatic heterocycles. The molecule has 3 aromatic rings. The Balaban J connectivity index is 1.89. The largest absolute Gasteiger partial charge is 0.431 e. The first-order valence-corrected chi connectivity index (χ1v) is 8.34.